The second kappa shape index (κ2) is 4.52. The highest BCUT2D eigenvalue weighted by Gasteiger charge is 2.54. The van der Waals surface area contributed by atoms with Gasteiger partial charge in [0.05, 0.1) is 19.0 Å². The van der Waals surface area contributed by atoms with Gasteiger partial charge in [-0.25, -0.2) is 4.98 Å². The van der Waals surface area contributed by atoms with Crippen molar-refractivity contribution in [2.45, 2.75) is 12.8 Å². The lowest BCUT2D eigenvalue weighted by molar-refractivity contribution is -0.119. The summed E-state index contributed by atoms with van der Waals surface area (Å²) in [6.45, 7) is 0. The molecule has 18 heavy (non-hydrogen) atoms. The van der Waals surface area contributed by atoms with Crippen molar-refractivity contribution in [1.29, 1.82) is 0 Å². The van der Waals surface area contributed by atoms with Crippen LogP contribution in [-0.4, -0.2) is 29.0 Å². The lowest BCUT2D eigenvalue weighted by atomic mass is 10.1. The minimum Gasteiger partial charge on any atom is -0.481 e. The number of pyridine rings is 1. The molecule has 7 nitrogen and oxygen atoms in total. The van der Waals surface area contributed by atoms with Gasteiger partial charge >= 0.3 is 0 Å². The minimum atomic E-state index is -0.866. The quantitative estimate of drug-likeness (QED) is 0.313. The standard InChI is InChI=1S/C11H14N4O3/c1-18-8-3-2-7(6-13-8)14-10(16)11(4-5-11)9(12)15-17/h2-3,6,17H,4-5H2,1H3,(H2,12,15)(H,14,16). The van der Waals surface area contributed by atoms with E-state index in [4.69, 9.17) is 15.7 Å². The zero-order valence-corrected chi connectivity index (χ0v) is 9.88. The molecule has 4 N–H and O–H groups in total. The average molecular weight is 250 g/mol. The molecule has 1 saturated carbocycles. The van der Waals surface area contributed by atoms with E-state index in [2.05, 4.69) is 15.5 Å². The normalized spacial score (nSPS) is 17.1. The van der Waals surface area contributed by atoms with Crippen molar-refractivity contribution in [1.82, 2.24) is 4.98 Å². The fourth-order valence-corrected chi connectivity index (χ4v) is 1.65. The molecule has 96 valence electrons. The predicted molar refractivity (Wildman–Crippen MR) is 64.5 cm³/mol. The van der Waals surface area contributed by atoms with Gasteiger partial charge in [0.25, 0.3) is 0 Å². The number of amides is 1. The van der Waals surface area contributed by atoms with Crippen LogP contribution in [0.25, 0.3) is 0 Å². The van der Waals surface area contributed by atoms with Gasteiger partial charge in [-0.1, -0.05) is 5.16 Å². The van der Waals surface area contributed by atoms with Gasteiger partial charge < -0.3 is 21.0 Å². The van der Waals surface area contributed by atoms with Crippen LogP contribution in [0.3, 0.4) is 0 Å². The Kier molecular flexibility index (Phi) is 3.05. The lowest BCUT2D eigenvalue weighted by Gasteiger charge is -2.13. The summed E-state index contributed by atoms with van der Waals surface area (Å²) in [5.74, 6) is 0.122. The molecule has 0 aliphatic heterocycles. The van der Waals surface area contributed by atoms with Crippen LogP contribution in [0.2, 0.25) is 0 Å². The maximum absolute atomic E-state index is 12.0. The van der Waals surface area contributed by atoms with Gasteiger partial charge in [0.15, 0.2) is 5.84 Å². The first-order chi connectivity index (χ1) is 8.62. The third-order valence-electron chi connectivity index (χ3n) is 2.99. The van der Waals surface area contributed by atoms with Gasteiger partial charge in [-0.05, 0) is 18.9 Å². The Bertz CT molecular complexity index is 480. The second-order valence-corrected chi connectivity index (χ2v) is 4.11. The molecule has 1 heterocycles. The summed E-state index contributed by atoms with van der Waals surface area (Å²) in [6.07, 6.45) is 2.65. The molecule has 0 aromatic carbocycles. The third-order valence-corrected chi connectivity index (χ3v) is 2.99. The Hall–Kier alpha value is -2.31. The number of nitrogens with zero attached hydrogens (tertiary/aromatic N) is 2. The number of nitrogens with two attached hydrogens (primary N) is 1. The molecule has 0 unspecified atom stereocenters. The molecule has 1 aliphatic rings. The van der Waals surface area contributed by atoms with E-state index in [-0.39, 0.29) is 11.7 Å². The first kappa shape index (κ1) is 12.2. The van der Waals surface area contributed by atoms with Crippen LogP contribution in [0.5, 0.6) is 5.88 Å². The third kappa shape index (κ3) is 2.06. The van der Waals surface area contributed by atoms with Gasteiger partial charge in [0.2, 0.25) is 11.8 Å². The van der Waals surface area contributed by atoms with Crippen LogP contribution >= 0.6 is 0 Å². The van der Waals surface area contributed by atoms with E-state index in [1.807, 2.05) is 0 Å². The maximum Gasteiger partial charge on any atom is 0.238 e. The molecule has 0 radical (unpaired) electrons. The molecule has 1 aromatic heterocycles. The summed E-state index contributed by atoms with van der Waals surface area (Å²) < 4.78 is 4.91. The monoisotopic (exact) mass is 250 g/mol. The summed E-state index contributed by atoms with van der Waals surface area (Å²) in [5, 5.41) is 14.2. The fourth-order valence-electron chi connectivity index (χ4n) is 1.65. The van der Waals surface area contributed by atoms with Crippen molar-refractivity contribution in [2.24, 2.45) is 16.3 Å². The Morgan fingerprint density at radius 1 is 1.61 bits per heavy atom. The molecule has 0 saturated heterocycles. The Morgan fingerprint density at radius 2 is 2.33 bits per heavy atom. The summed E-state index contributed by atoms with van der Waals surface area (Å²) in [4.78, 5) is 16.0. The molecule has 0 bridgehead atoms. The Morgan fingerprint density at radius 3 is 2.78 bits per heavy atom. The molecule has 1 aliphatic carbocycles. The van der Waals surface area contributed by atoms with Crippen LogP contribution in [0.15, 0.2) is 23.5 Å². The van der Waals surface area contributed by atoms with Crippen LogP contribution < -0.4 is 15.8 Å². The topological polar surface area (TPSA) is 110 Å². The van der Waals surface area contributed by atoms with Crippen molar-refractivity contribution in [3.05, 3.63) is 18.3 Å². The molecule has 1 aromatic rings. The largest absolute Gasteiger partial charge is 0.481 e. The van der Waals surface area contributed by atoms with Gasteiger partial charge in [-0.2, -0.15) is 0 Å². The number of methoxy groups -OCH3 is 1. The highest BCUT2D eigenvalue weighted by molar-refractivity contribution is 6.14. The number of hydrogen-bond acceptors (Lipinski definition) is 5. The van der Waals surface area contributed by atoms with Crippen molar-refractivity contribution < 1.29 is 14.7 Å². The first-order valence-corrected chi connectivity index (χ1v) is 5.42. The number of carbonyl (C=O) groups is 1. The molecule has 7 heteroatoms. The van der Waals surface area contributed by atoms with Crippen molar-refractivity contribution in [2.75, 3.05) is 12.4 Å². The molecular formula is C11H14N4O3. The van der Waals surface area contributed by atoms with E-state index in [9.17, 15) is 4.79 Å². The van der Waals surface area contributed by atoms with E-state index < -0.39 is 5.41 Å². The number of amidine groups is 1. The van der Waals surface area contributed by atoms with E-state index in [1.54, 1.807) is 12.1 Å². The summed E-state index contributed by atoms with van der Waals surface area (Å²) in [6, 6.07) is 3.31. The Balaban J connectivity index is 2.07. The number of oxime groups is 1. The zero-order valence-electron chi connectivity index (χ0n) is 9.88. The molecule has 1 fully saturated rings. The van der Waals surface area contributed by atoms with E-state index in [1.165, 1.54) is 13.3 Å². The number of rotatable bonds is 4. The van der Waals surface area contributed by atoms with E-state index >= 15 is 0 Å². The number of hydrogen-bond donors (Lipinski definition) is 3. The highest BCUT2D eigenvalue weighted by atomic mass is 16.5. The number of aromatic nitrogens is 1. The Labute approximate surface area is 104 Å². The maximum atomic E-state index is 12.0. The number of ether oxygens (including phenoxy) is 1. The lowest BCUT2D eigenvalue weighted by Crippen LogP contribution is -2.36. The van der Waals surface area contributed by atoms with Crippen LogP contribution in [0.1, 0.15) is 12.8 Å². The van der Waals surface area contributed by atoms with Crippen molar-refractivity contribution in [3.63, 3.8) is 0 Å². The second-order valence-electron chi connectivity index (χ2n) is 4.11. The van der Waals surface area contributed by atoms with Gasteiger partial charge in [0.1, 0.15) is 5.41 Å². The van der Waals surface area contributed by atoms with E-state index in [0.717, 1.165) is 0 Å². The van der Waals surface area contributed by atoms with Crippen molar-refractivity contribution in [3.8, 4) is 5.88 Å². The molecule has 0 atom stereocenters. The minimum absolute atomic E-state index is 0.0542. The van der Waals surface area contributed by atoms with Gasteiger partial charge in [0, 0.05) is 6.07 Å². The molecular weight excluding hydrogens is 236 g/mol. The van der Waals surface area contributed by atoms with Crippen molar-refractivity contribution >= 4 is 17.4 Å². The van der Waals surface area contributed by atoms with Crippen LogP contribution in [0.4, 0.5) is 5.69 Å². The summed E-state index contributed by atoms with van der Waals surface area (Å²) in [7, 11) is 1.51. The van der Waals surface area contributed by atoms with Gasteiger partial charge in [-0.3, -0.25) is 4.79 Å². The molecule has 1 amide bonds. The summed E-state index contributed by atoms with van der Waals surface area (Å²) in [5.41, 5.74) is 5.19. The number of carbonyl (C=O) groups excluding carboxylic acids is 1. The van der Waals surface area contributed by atoms with Crippen LogP contribution in [0, 0.1) is 5.41 Å². The highest BCUT2D eigenvalue weighted by Crippen LogP contribution is 2.46. The van der Waals surface area contributed by atoms with Crippen LogP contribution in [-0.2, 0) is 4.79 Å². The SMILES string of the molecule is COc1ccc(NC(=O)C2(/C(N)=N/O)CC2)cn1. The average Bonchev–Trinajstić information content (AvgIpc) is 3.20. The summed E-state index contributed by atoms with van der Waals surface area (Å²) >= 11 is 0. The number of anilines is 1. The van der Waals surface area contributed by atoms with Gasteiger partial charge in [-0.15, -0.1) is 0 Å². The molecule has 0 spiro atoms. The zero-order chi connectivity index (χ0) is 13.2. The smallest absolute Gasteiger partial charge is 0.238 e. The predicted octanol–water partition coefficient (Wildman–Crippen LogP) is 0.555. The molecule has 2 rings (SSSR count). The van der Waals surface area contributed by atoms with E-state index in [0.29, 0.717) is 24.4 Å². The fraction of sp³-hybridized carbons (Fsp3) is 0.364. The first-order valence-electron chi connectivity index (χ1n) is 5.42. The number of nitrogens with one attached hydrogen (secondary N) is 1.